The highest BCUT2D eigenvalue weighted by Gasteiger charge is 2.15. The lowest BCUT2D eigenvalue weighted by Crippen LogP contribution is -2.32. The maximum absolute atomic E-state index is 12.5. The maximum atomic E-state index is 12.5. The Kier molecular flexibility index (Phi) is 5.98. The highest BCUT2D eigenvalue weighted by Crippen LogP contribution is 2.22. The number of benzene rings is 2. The van der Waals surface area contributed by atoms with Crippen molar-refractivity contribution < 1.29 is 9.53 Å². The molecular weight excluding hydrogens is 276 g/mol. The van der Waals surface area contributed by atoms with Gasteiger partial charge in [0.15, 0.2) is 0 Å². The van der Waals surface area contributed by atoms with E-state index >= 15 is 0 Å². The Balaban J connectivity index is 2.21. The van der Waals surface area contributed by atoms with Crippen LogP contribution in [-0.2, 0) is 11.3 Å². The molecule has 1 N–H and O–H groups in total. The van der Waals surface area contributed by atoms with Crippen LogP contribution in [0.15, 0.2) is 54.6 Å². The average Bonchev–Trinajstić information content (AvgIpc) is 2.58. The molecule has 4 heteroatoms. The molecule has 22 heavy (non-hydrogen) atoms. The molecule has 2 aromatic carbocycles. The SMILES string of the molecule is CNCCC(=O)N(Cc1ccccc1)c1ccc(OC)cc1. The van der Waals surface area contributed by atoms with Crippen LogP contribution in [0.5, 0.6) is 5.75 Å². The van der Waals surface area contributed by atoms with E-state index in [4.69, 9.17) is 4.74 Å². The number of amides is 1. The van der Waals surface area contributed by atoms with Gasteiger partial charge in [0.1, 0.15) is 5.75 Å². The quantitative estimate of drug-likeness (QED) is 0.854. The van der Waals surface area contributed by atoms with Crippen LogP contribution >= 0.6 is 0 Å². The minimum Gasteiger partial charge on any atom is -0.497 e. The van der Waals surface area contributed by atoms with Crippen LogP contribution in [0.25, 0.3) is 0 Å². The normalized spacial score (nSPS) is 10.3. The van der Waals surface area contributed by atoms with Gasteiger partial charge in [-0.2, -0.15) is 0 Å². The first-order chi connectivity index (χ1) is 10.7. The molecule has 4 nitrogen and oxygen atoms in total. The molecule has 0 atom stereocenters. The Bertz CT molecular complexity index is 582. The molecular formula is C18H22N2O2. The summed E-state index contributed by atoms with van der Waals surface area (Å²) in [6.07, 6.45) is 0.468. The molecule has 0 aliphatic carbocycles. The van der Waals surface area contributed by atoms with Gasteiger partial charge >= 0.3 is 0 Å². The van der Waals surface area contributed by atoms with Crippen molar-refractivity contribution in [3.8, 4) is 5.75 Å². The zero-order valence-corrected chi connectivity index (χ0v) is 13.1. The summed E-state index contributed by atoms with van der Waals surface area (Å²) in [5.74, 6) is 0.884. The predicted octanol–water partition coefficient (Wildman–Crippen LogP) is 2.84. The molecule has 0 heterocycles. The van der Waals surface area contributed by atoms with E-state index in [0.717, 1.165) is 17.0 Å². The van der Waals surface area contributed by atoms with E-state index in [1.54, 1.807) is 7.11 Å². The predicted molar refractivity (Wildman–Crippen MR) is 89.2 cm³/mol. The number of carbonyl (C=O) groups is 1. The monoisotopic (exact) mass is 298 g/mol. The molecule has 2 rings (SSSR count). The van der Waals surface area contributed by atoms with E-state index < -0.39 is 0 Å². The highest BCUT2D eigenvalue weighted by atomic mass is 16.5. The van der Waals surface area contributed by atoms with Crippen molar-refractivity contribution in [2.45, 2.75) is 13.0 Å². The molecule has 0 aromatic heterocycles. The Morgan fingerprint density at radius 2 is 1.77 bits per heavy atom. The largest absolute Gasteiger partial charge is 0.497 e. The third kappa shape index (κ3) is 4.33. The van der Waals surface area contributed by atoms with Crippen LogP contribution in [-0.4, -0.2) is 26.6 Å². The highest BCUT2D eigenvalue weighted by molar-refractivity contribution is 5.93. The summed E-state index contributed by atoms with van der Waals surface area (Å²) < 4.78 is 5.18. The smallest absolute Gasteiger partial charge is 0.228 e. The van der Waals surface area contributed by atoms with E-state index in [1.165, 1.54) is 0 Å². The summed E-state index contributed by atoms with van der Waals surface area (Å²) >= 11 is 0. The van der Waals surface area contributed by atoms with Gasteiger partial charge < -0.3 is 15.0 Å². The van der Waals surface area contributed by atoms with Crippen LogP contribution in [0, 0.1) is 0 Å². The van der Waals surface area contributed by atoms with Crippen LogP contribution < -0.4 is 15.0 Å². The van der Waals surface area contributed by atoms with Gasteiger partial charge in [-0.25, -0.2) is 0 Å². The summed E-state index contributed by atoms with van der Waals surface area (Å²) in [6.45, 7) is 1.23. The van der Waals surface area contributed by atoms with Crippen LogP contribution in [0.2, 0.25) is 0 Å². The van der Waals surface area contributed by atoms with Crippen molar-refractivity contribution in [1.82, 2.24) is 5.32 Å². The van der Waals surface area contributed by atoms with Crippen molar-refractivity contribution in [2.75, 3.05) is 25.6 Å². The minimum atomic E-state index is 0.100. The maximum Gasteiger partial charge on any atom is 0.228 e. The number of nitrogens with one attached hydrogen (secondary N) is 1. The third-order valence-corrected chi connectivity index (χ3v) is 3.46. The summed E-state index contributed by atoms with van der Waals surface area (Å²) in [4.78, 5) is 14.3. The molecule has 0 saturated carbocycles. The first-order valence-electron chi connectivity index (χ1n) is 7.37. The van der Waals surface area contributed by atoms with Crippen LogP contribution in [0.3, 0.4) is 0 Å². The van der Waals surface area contributed by atoms with Crippen molar-refractivity contribution >= 4 is 11.6 Å². The number of methoxy groups -OCH3 is 1. The Morgan fingerprint density at radius 1 is 1.09 bits per heavy atom. The number of nitrogens with zero attached hydrogens (tertiary/aromatic N) is 1. The lowest BCUT2D eigenvalue weighted by atomic mass is 10.1. The number of anilines is 1. The summed E-state index contributed by atoms with van der Waals surface area (Å²) in [5, 5.41) is 3.02. The molecule has 0 bridgehead atoms. The molecule has 0 saturated heterocycles. The summed E-state index contributed by atoms with van der Waals surface area (Å²) in [7, 11) is 3.48. The van der Waals surface area contributed by atoms with Crippen LogP contribution in [0.1, 0.15) is 12.0 Å². The topological polar surface area (TPSA) is 41.6 Å². The van der Waals surface area contributed by atoms with Crippen molar-refractivity contribution in [3.63, 3.8) is 0 Å². The van der Waals surface area contributed by atoms with Crippen molar-refractivity contribution in [2.24, 2.45) is 0 Å². The van der Waals surface area contributed by atoms with Gasteiger partial charge in [0, 0.05) is 18.7 Å². The second-order valence-electron chi connectivity index (χ2n) is 5.02. The zero-order chi connectivity index (χ0) is 15.8. The Labute approximate surface area is 131 Å². The second-order valence-corrected chi connectivity index (χ2v) is 5.02. The molecule has 0 fully saturated rings. The summed E-state index contributed by atoms with van der Waals surface area (Å²) in [6, 6.07) is 17.6. The summed E-state index contributed by atoms with van der Waals surface area (Å²) in [5.41, 5.74) is 1.99. The van der Waals surface area contributed by atoms with Crippen molar-refractivity contribution in [3.05, 3.63) is 60.2 Å². The number of ether oxygens (including phenoxy) is 1. The number of rotatable bonds is 7. The van der Waals surface area contributed by atoms with Gasteiger partial charge in [-0.15, -0.1) is 0 Å². The lowest BCUT2D eigenvalue weighted by molar-refractivity contribution is -0.118. The van der Waals surface area contributed by atoms with Crippen molar-refractivity contribution in [1.29, 1.82) is 0 Å². The molecule has 2 aromatic rings. The average molecular weight is 298 g/mol. The first kappa shape index (κ1) is 16.0. The fourth-order valence-electron chi connectivity index (χ4n) is 2.22. The fourth-order valence-corrected chi connectivity index (χ4v) is 2.22. The Morgan fingerprint density at radius 3 is 2.36 bits per heavy atom. The van der Waals surface area contributed by atoms with Gasteiger partial charge in [0.05, 0.1) is 13.7 Å². The van der Waals surface area contributed by atoms with Gasteiger partial charge in [0.25, 0.3) is 0 Å². The zero-order valence-electron chi connectivity index (χ0n) is 13.1. The Hall–Kier alpha value is -2.33. The van der Waals surface area contributed by atoms with E-state index in [2.05, 4.69) is 5.32 Å². The molecule has 0 aliphatic rings. The van der Waals surface area contributed by atoms with Gasteiger partial charge in [-0.05, 0) is 36.9 Å². The van der Waals surface area contributed by atoms with E-state index in [1.807, 2.05) is 66.5 Å². The van der Waals surface area contributed by atoms with Crippen LogP contribution in [0.4, 0.5) is 5.69 Å². The number of hydrogen-bond acceptors (Lipinski definition) is 3. The van der Waals surface area contributed by atoms with E-state index in [9.17, 15) is 4.79 Å². The molecule has 0 radical (unpaired) electrons. The molecule has 0 unspecified atom stereocenters. The molecule has 116 valence electrons. The van der Waals surface area contributed by atoms with E-state index in [-0.39, 0.29) is 5.91 Å². The first-order valence-corrected chi connectivity index (χ1v) is 7.37. The molecule has 0 aliphatic heterocycles. The van der Waals surface area contributed by atoms with Gasteiger partial charge in [0.2, 0.25) is 5.91 Å². The number of carbonyl (C=O) groups excluding carboxylic acids is 1. The fraction of sp³-hybridized carbons (Fsp3) is 0.278. The minimum absolute atomic E-state index is 0.100. The lowest BCUT2D eigenvalue weighted by Gasteiger charge is -2.23. The molecule has 1 amide bonds. The second kappa shape index (κ2) is 8.20. The number of hydrogen-bond donors (Lipinski definition) is 1. The molecule has 0 spiro atoms. The van der Waals surface area contributed by atoms with E-state index in [0.29, 0.717) is 19.5 Å². The third-order valence-electron chi connectivity index (χ3n) is 3.46. The standard InChI is InChI=1S/C18H22N2O2/c1-19-13-12-18(21)20(14-15-6-4-3-5-7-15)16-8-10-17(22-2)11-9-16/h3-11,19H,12-14H2,1-2H3. The van der Waals surface area contributed by atoms with Gasteiger partial charge in [-0.1, -0.05) is 30.3 Å². The van der Waals surface area contributed by atoms with Gasteiger partial charge in [-0.3, -0.25) is 4.79 Å².